The van der Waals surface area contributed by atoms with Gasteiger partial charge in [0.05, 0.1) is 16.2 Å². The number of carbonyl (C=O) groups excluding carboxylic acids is 1. The molecule has 26 heavy (non-hydrogen) atoms. The fourth-order valence-corrected chi connectivity index (χ4v) is 4.01. The van der Waals surface area contributed by atoms with Gasteiger partial charge in [0.25, 0.3) is 5.56 Å². The lowest BCUT2D eigenvalue weighted by Crippen LogP contribution is -2.24. The van der Waals surface area contributed by atoms with Crippen molar-refractivity contribution in [3.05, 3.63) is 68.7 Å². The van der Waals surface area contributed by atoms with Crippen molar-refractivity contribution in [2.24, 2.45) is 0 Å². The minimum absolute atomic E-state index is 0.136. The molecule has 1 aromatic heterocycles. The smallest absolute Gasteiger partial charge is 0.262 e. The van der Waals surface area contributed by atoms with Gasteiger partial charge in [-0.15, -0.1) is 0 Å². The minimum atomic E-state index is -0.460. The van der Waals surface area contributed by atoms with E-state index in [-0.39, 0.29) is 17.2 Å². The van der Waals surface area contributed by atoms with Crippen LogP contribution in [0, 0.1) is 5.82 Å². The average Bonchev–Trinajstić information content (AvgIpc) is 2.63. The van der Waals surface area contributed by atoms with Crippen molar-refractivity contribution in [1.82, 2.24) is 9.55 Å². The Kier molecular flexibility index (Phi) is 5.58. The van der Waals surface area contributed by atoms with Gasteiger partial charge in [-0.1, -0.05) is 27.7 Å². The number of benzene rings is 2. The van der Waals surface area contributed by atoms with E-state index in [1.165, 1.54) is 36.0 Å². The summed E-state index contributed by atoms with van der Waals surface area (Å²) in [6, 6.07) is 10.8. The van der Waals surface area contributed by atoms with Gasteiger partial charge in [0, 0.05) is 16.6 Å². The largest absolute Gasteiger partial charge is 0.293 e. The lowest BCUT2D eigenvalue weighted by Gasteiger charge is -2.15. The Bertz CT molecular complexity index is 1030. The molecule has 1 heterocycles. The summed E-state index contributed by atoms with van der Waals surface area (Å²) in [5.74, 6) is -0.521. The van der Waals surface area contributed by atoms with Gasteiger partial charge in [0.1, 0.15) is 5.82 Å². The first-order chi connectivity index (χ1) is 12.4. The highest BCUT2D eigenvalue weighted by atomic mass is 79.9. The summed E-state index contributed by atoms with van der Waals surface area (Å²) in [6.07, 6.45) is 0. The highest BCUT2D eigenvalue weighted by molar-refractivity contribution is 9.10. The number of nitrogens with zero attached hydrogens (tertiary/aromatic N) is 2. The number of thioether (sulfide) groups is 1. The molecular formula is C19H16BrFN2O2S. The molecule has 0 aliphatic carbocycles. The summed E-state index contributed by atoms with van der Waals surface area (Å²) in [7, 11) is 0. The predicted molar refractivity (Wildman–Crippen MR) is 105 cm³/mol. The van der Waals surface area contributed by atoms with Crippen molar-refractivity contribution >= 4 is 44.4 Å². The quantitative estimate of drug-likeness (QED) is 0.332. The fraction of sp³-hybridized carbons (Fsp3) is 0.211. The van der Waals surface area contributed by atoms with Crippen LogP contribution in [0.25, 0.3) is 10.9 Å². The number of fused-ring (bicyclic) bond motifs is 1. The summed E-state index contributed by atoms with van der Waals surface area (Å²) >= 11 is 4.60. The number of hydrogen-bond acceptors (Lipinski definition) is 4. The lowest BCUT2D eigenvalue weighted by atomic mass is 10.1. The second kappa shape index (κ2) is 7.72. The van der Waals surface area contributed by atoms with Crippen molar-refractivity contribution < 1.29 is 9.18 Å². The lowest BCUT2D eigenvalue weighted by molar-refractivity contribution is 0.0994. The first kappa shape index (κ1) is 18.8. The summed E-state index contributed by atoms with van der Waals surface area (Å²) in [6.45, 7) is 4.08. The van der Waals surface area contributed by atoms with Gasteiger partial charge < -0.3 is 0 Å². The van der Waals surface area contributed by atoms with E-state index in [9.17, 15) is 14.0 Å². The van der Waals surface area contributed by atoms with E-state index < -0.39 is 5.25 Å². The zero-order valence-electron chi connectivity index (χ0n) is 14.2. The van der Waals surface area contributed by atoms with E-state index in [4.69, 9.17) is 0 Å². The van der Waals surface area contributed by atoms with Crippen molar-refractivity contribution in [2.45, 2.75) is 30.8 Å². The number of hydrogen-bond donors (Lipinski definition) is 0. The van der Waals surface area contributed by atoms with Crippen molar-refractivity contribution in [1.29, 1.82) is 0 Å². The predicted octanol–water partition coefficient (Wildman–Crippen LogP) is 4.68. The summed E-state index contributed by atoms with van der Waals surface area (Å²) in [4.78, 5) is 29.9. The molecule has 0 spiro atoms. The molecule has 0 radical (unpaired) electrons. The van der Waals surface area contributed by atoms with Crippen LogP contribution in [-0.4, -0.2) is 20.6 Å². The highest BCUT2D eigenvalue weighted by Crippen LogP contribution is 2.26. The average molecular weight is 435 g/mol. The molecule has 0 aliphatic rings. The van der Waals surface area contributed by atoms with E-state index >= 15 is 0 Å². The summed E-state index contributed by atoms with van der Waals surface area (Å²) in [5.41, 5.74) is 0.885. The molecule has 0 aliphatic heterocycles. The Morgan fingerprint density at radius 1 is 1.27 bits per heavy atom. The van der Waals surface area contributed by atoms with Gasteiger partial charge in [0.2, 0.25) is 0 Å². The Morgan fingerprint density at radius 3 is 2.62 bits per heavy atom. The van der Waals surface area contributed by atoms with Crippen LogP contribution in [0.3, 0.4) is 0 Å². The van der Waals surface area contributed by atoms with Crippen molar-refractivity contribution in [3.8, 4) is 0 Å². The summed E-state index contributed by atoms with van der Waals surface area (Å²) in [5, 5.41) is 0.566. The van der Waals surface area contributed by atoms with Crippen LogP contribution in [0.1, 0.15) is 24.2 Å². The van der Waals surface area contributed by atoms with Gasteiger partial charge in [-0.3, -0.25) is 14.2 Å². The first-order valence-corrected chi connectivity index (χ1v) is 9.74. The number of aromatic nitrogens is 2. The van der Waals surface area contributed by atoms with E-state index in [1.54, 1.807) is 23.6 Å². The zero-order valence-corrected chi connectivity index (χ0v) is 16.6. The van der Waals surface area contributed by atoms with Gasteiger partial charge in [-0.05, 0) is 56.3 Å². The molecule has 4 nitrogen and oxygen atoms in total. The molecular weight excluding hydrogens is 419 g/mol. The SMILES string of the molecule is CCn1c(SC(C)C(=O)c2ccc(F)cc2)nc2ccc(Br)cc2c1=O. The zero-order chi connectivity index (χ0) is 18.8. The van der Waals surface area contributed by atoms with Gasteiger partial charge in [-0.2, -0.15) is 0 Å². The number of halogens is 2. The molecule has 0 fully saturated rings. The maximum Gasteiger partial charge on any atom is 0.262 e. The Morgan fingerprint density at radius 2 is 1.96 bits per heavy atom. The van der Waals surface area contributed by atoms with Crippen LogP contribution in [0.2, 0.25) is 0 Å². The molecule has 0 N–H and O–H groups in total. The first-order valence-electron chi connectivity index (χ1n) is 8.07. The second-order valence-electron chi connectivity index (χ2n) is 5.74. The third-order valence-electron chi connectivity index (χ3n) is 3.98. The van der Waals surface area contributed by atoms with Gasteiger partial charge in [0.15, 0.2) is 10.9 Å². The van der Waals surface area contributed by atoms with Gasteiger partial charge in [-0.25, -0.2) is 9.37 Å². The van der Waals surface area contributed by atoms with E-state index in [0.717, 1.165) is 4.47 Å². The maximum atomic E-state index is 13.0. The highest BCUT2D eigenvalue weighted by Gasteiger charge is 2.20. The molecule has 3 aromatic rings. The Labute approximate surface area is 162 Å². The van der Waals surface area contributed by atoms with E-state index in [0.29, 0.717) is 28.2 Å². The van der Waals surface area contributed by atoms with Crippen LogP contribution < -0.4 is 5.56 Å². The molecule has 1 unspecified atom stereocenters. The number of ketones is 1. The Hall–Kier alpha value is -1.99. The molecule has 2 aromatic carbocycles. The van der Waals surface area contributed by atoms with E-state index in [2.05, 4.69) is 20.9 Å². The maximum absolute atomic E-state index is 13.0. The second-order valence-corrected chi connectivity index (χ2v) is 7.96. The minimum Gasteiger partial charge on any atom is -0.293 e. The molecule has 3 rings (SSSR count). The van der Waals surface area contributed by atoms with Crippen molar-refractivity contribution in [3.63, 3.8) is 0 Å². The fourth-order valence-electron chi connectivity index (χ4n) is 2.60. The molecule has 1 atom stereocenters. The molecule has 7 heteroatoms. The standard InChI is InChI=1S/C19H16BrFN2O2S/c1-3-23-18(25)15-10-13(20)6-9-16(15)22-19(23)26-11(2)17(24)12-4-7-14(21)8-5-12/h4-11H,3H2,1-2H3. The summed E-state index contributed by atoms with van der Waals surface area (Å²) < 4.78 is 15.4. The van der Waals surface area contributed by atoms with Crippen LogP contribution in [0.4, 0.5) is 4.39 Å². The molecule has 134 valence electrons. The Balaban J connectivity index is 1.97. The van der Waals surface area contributed by atoms with Crippen LogP contribution in [0.5, 0.6) is 0 Å². The number of rotatable bonds is 5. The van der Waals surface area contributed by atoms with Crippen LogP contribution >= 0.6 is 27.7 Å². The number of carbonyl (C=O) groups is 1. The molecule has 0 saturated carbocycles. The monoisotopic (exact) mass is 434 g/mol. The van der Waals surface area contributed by atoms with Crippen molar-refractivity contribution in [2.75, 3.05) is 0 Å². The van der Waals surface area contributed by atoms with Gasteiger partial charge >= 0.3 is 0 Å². The number of Topliss-reactive ketones (excluding diaryl/α,β-unsaturated/α-hetero) is 1. The molecule has 0 saturated heterocycles. The van der Waals surface area contributed by atoms with Crippen LogP contribution in [-0.2, 0) is 6.54 Å². The third kappa shape index (κ3) is 3.73. The topological polar surface area (TPSA) is 52.0 Å². The molecule has 0 amide bonds. The normalized spacial score (nSPS) is 12.3. The third-order valence-corrected chi connectivity index (χ3v) is 5.56. The van der Waals surface area contributed by atoms with E-state index in [1.807, 2.05) is 13.0 Å². The van der Waals surface area contributed by atoms with Crippen LogP contribution in [0.15, 0.2) is 56.9 Å². The molecule has 0 bridgehead atoms.